The molecular formula is C17H19F6NO4S. The summed E-state index contributed by atoms with van der Waals surface area (Å²) in [5, 5.41) is 0. The Labute approximate surface area is 162 Å². The third-order valence-corrected chi connectivity index (χ3v) is 5.99. The van der Waals surface area contributed by atoms with Crippen molar-refractivity contribution in [3.8, 4) is 0 Å². The van der Waals surface area contributed by atoms with Crippen LogP contribution in [0.2, 0.25) is 0 Å². The molecule has 0 aliphatic carbocycles. The van der Waals surface area contributed by atoms with E-state index in [1.54, 1.807) is 0 Å². The summed E-state index contributed by atoms with van der Waals surface area (Å²) in [7, 11) is -9.93. The number of ether oxygens (including phenoxy) is 2. The third-order valence-electron chi connectivity index (χ3n) is 4.85. The molecule has 1 atom stereocenters. The number of halogens is 6. The number of hydrogen-bond donors (Lipinski definition) is 0. The second-order valence-electron chi connectivity index (χ2n) is 7.25. The van der Waals surface area contributed by atoms with Gasteiger partial charge in [-0.25, -0.2) is 4.39 Å². The largest absolute Gasteiger partial charge is 0.465 e. The van der Waals surface area contributed by atoms with Crippen LogP contribution in [0.25, 0.3) is 0 Å². The summed E-state index contributed by atoms with van der Waals surface area (Å²) in [5.74, 6) is -1.82. The summed E-state index contributed by atoms with van der Waals surface area (Å²) in [6.45, 7) is 0.388. The molecule has 0 radical (unpaired) electrons. The van der Waals surface area contributed by atoms with Gasteiger partial charge in [0.25, 0.3) is 0 Å². The minimum Gasteiger partial charge on any atom is -0.465 e. The summed E-state index contributed by atoms with van der Waals surface area (Å²) >= 11 is 0. The molecule has 0 unspecified atom stereocenters. The molecule has 164 valence electrons. The van der Waals surface area contributed by atoms with E-state index in [2.05, 4.69) is 0 Å². The van der Waals surface area contributed by atoms with Gasteiger partial charge in [0.2, 0.25) is 5.91 Å². The highest BCUT2D eigenvalue weighted by atomic mass is 32.5. The second-order valence-corrected chi connectivity index (χ2v) is 9.66. The molecule has 5 nitrogen and oxygen atoms in total. The Morgan fingerprint density at radius 3 is 2.45 bits per heavy atom. The van der Waals surface area contributed by atoms with E-state index in [4.69, 9.17) is 9.47 Å². The predicted molar refractivity (Wildman–Crippen MR) is 91.3 cm³/mol. The number of esters is 1. The fourth-order valence-corrected chi connectivity index (χ4v) is 3.73. The van der Waals surface area contributed by atoms with Gasteiger partial charge in [-0.1, -0.05) is 25.5 Å². The Balaban J connectivity index is 1.43. The van der Waals surface area contributed by atoms with Crippen molar-refractivity contribution in [1.82, 2.24) is 4.90 Å². The van der Waals surface area contributed by atoms with Crippen LogP contribution in [-0.4, -0.2) is 42.6 Å². The van der Waals surface area contributed by atoms with Crippen LogP contribution in [-0.2, 0) is 25.7 Å². The van der Waals surface area contributed by atoms with Gasteiger partial charge < -0.3 is 14.4 Å². The van der Waals surface area contributed by atoms with E-state index in [0.29, 0.717) is 25.5 Å². The molecule has 2 saturated heterocycles. The molecule has 2 aliphatic heterocycles. The smallest absolute Gasteiger partial charge is 0.310 e. The number of rotatable bonds is 7. The van der Waals surface area contributed by atoms with Crippen LogP contribution in [0.3, 0.4) is 0 Å². The van der Waals surface area contributed by atoms with E-state index < -0.39 is 33.6 Å². The number of nitrogens with zero attached hydrogens (tertiary/aromatic N) is 1. The first-order valence-corrected chi connectivity index (χ1v) is 10.7. The summed E-state index contributed by atoms with van der Waals surface area (Å²) in [4.78, 5) is 22.3. The first-order valence-electron chi connectivity index (χ1n) is 8.79. The molecule has 3 rings (SSSR count). The van der Waals surface area contributed by atoms with Crippen LogP contribution in [0, 0.1) is 11.7 Å². The molecule has 2 aliphatic rings. The first-order chi connectivity index (χ1) is 13.2. The number of likely N-dealkylation sites (tertiary alicyclic amines) is 1. The monoisotopic (exact) mass is 447 g/mol. The second kappa shape index (κ2) is 6.79. The minimum absolute atomic E-state index is 0.0249. The Hall–Kier alpha value is -1.95. The molecule has 29 heavy (non-hydrogen) atoms. The molecule has 0 aromatic heterocycles. The van der Waals surface area contributed by atoms with Gasteiger partial charge in [0.05, 0.1) is 25.7 Å². The number of carbonyl (C=O) groups is 2. The number of benzene rings is 1. The van der Waals surface area contributed by atoms with E-state index in [-0.39, 0.29) is 55.0 Å². The lowest BCUT2D eigenvalue weighted by Crippen LogP contribution is -2.54. The topological polar surface area (TPSA) is 55.8 Å². The maximum atomic E-state index is 13.8. The number of cyclic esters (lactones) is 1. The third kappa shape index (κ3) is 5.56. The molecule has 1 aromatic carbocycles. The molecule has 0 N–H and O–H groups in total. The SMILES string of the molecule is O=C1C[C@H](CCC(=O)N2CC(OCc3ccc(S(F)(F)(F)(F)F)cc3F)C2)CO1. The van der Waals surface area contributed by atoms with Gasteiger partial charge in [0, 0.05) is 31.0 Å². The molecule has 12 heteroatoms. The Kier molecular flexibility index (Phi) is 5.10. The average molecular weight is 447 g/mol. The highest BCUT2D eigenvalue weighted by Gasteiger charge is 2.65. The standard InChI is InChI=1S/C17H19F6NO4S/c18-15-6-14(29(19,20,21,22)23)3-2-12(15)10-27-13-7-24(8-13)16(25)4-1-11-5-17(26)28-9-11/h2-3,6,11,13H,1,4-5,7-10H2/t11-/m0/s1. The summed E-state index contributed by atoms with van der Waals surface area (Å²) in [6.07, 6.45) is 0.644. The summed E-state index contributed by atoms with van der Waals surface area (Å²) in [6, 6.07) is 0.529. The van der Waals surface area contributed by atoms with Crippen LogP contribution < -0.4 is 0 Å². The molecule has 2 fully saturated rings. The number of amides is 1. The van der Waals surface area contributed by atoms with Crippen molar-refractivity contribution in [3.63, 3.8) is 0 Å². The highest BCUT2D eigenvalue weighted by Crippen LogP contribution is 3.02. The maximum Gasteiger partial charge on any atom is 0.310 e. The normalized spacial score (nSPS) is 22.6. The fraction of sp³-hybridized carbons (Fsp3) is 0.529. The quantitative estimate of drug-likeness (QED) is 0.455. The average Bonchev–Trinajstić information content (AvgIpc) is 2.96. The molecule has 0 bridgehead atoms. The maximum absolute atomic E-state index is 13.8. The molecule has 0 spiro atoms. The van der Waals surface area contributed by atoms with Gasteiger partial charge in [-0.2, -0.15) is 0 Å². The van der Waals surface area contributed by atoms with Gasteiger partial charge >= 0.3 is 16.2 Å². The zero-order valence-corrected chi connectivity index (χ0v) is 15.9. The lowest BCUT2D eigenvalue weighted by molar-refractivity contribution is -0.146. The van der Waals surface area contributed by atoms with Gasteiger partial charge in [-0.05, 0) is 18.6 Å². The van der Waals surface area contributed by atoms with E-state index in [1.807, 2.05) is 0 Å². The Bertz CT molecular complexity index is 825. The minimum atomic E-state index is -9.93. The van der Waals surface area contributed by atoms with Crippen molar-refractivity contribution in [2.24, 2.45) is 5.92 Å². The highest BCUT2D eigenvalue weighted by molar-refractivity contribution is 8.45. The van der Waals surface area contributed by atoms with Crippen LogP contribution in [0.15, 0.2) is 23.1 Å². The zero-order chi connectivity index (χ0) is 21.5. The van der Waals surface area contributed by atoms with Crippen molar-refractivity contribution in [2.45, 2.75) is 36.9 Å². The van der Waals surface area contributed by atoms with Crippen molar-refractivity contribution in [1.29, 1.82) is 0 Å². The first kappa shape index (κ1) is 21.8. The fourth-order valence-electron chi connectivity index (χ4n) is 3.08. The predicted octanol–water partition coefficient (Wildman–Crippen LogP) is 4.55. The summed E-state index contributed by atoms with van der Waals surface area (Å²) in [5.41, 5.74) is -0.286. The van der Waals surface area contributed by atoms with Gasteiger partial charge in [0.15, 0.2) is 0 Å². The van der Waals surface area contributed by atoms with E-state index in [9.17, 15) is 33.4 Å². The van der Waals surface area contributed by atoms with E-state index >= 15 is 0 Å². The molecule has 0 saturated carbocycles. The lowest BCUT2D eigenvalue weighted by Gasteiger charge is -2.40. The van der Waals surface area contributed by atoms with Crippen molar-refractivity contribution in [3.05, 3.63) is 29.6 Å². The Morgan fingerprint density at radius 1 is 1.21 bits per heavy atom. The summed E-state index contributed by atoms with van der Waals surface area (Å²) < 4.78 is 87.3. The van der Waals surface area contributed by atoms with E-state index in [0.717, 1.165) is 0 Å². The van der Waals surface area contributed by atoms with Crippen LogP contribution in [0.4, 0.5) is 23.8 Å². The number of carbonyl (C=O) groups excluding carboxylic acids is 2. The van der Waals surface area contributed by atoms with Crippen molar-refractivity contribution in [2.75, 3.05) is 19.7 Å². The van der Waals surface area contributed by atoms with E-state index in [1.165, 1.54) is 4.90 Å². The lowest BCUT2D eigenvalue weighted by atomic mass is 10.0. The zero-order valence-electron chi connectivity index (χ0n) is 15.1. The van der Waals surface area contributed by atoms with Crippen molar-refractivity contribution < 1.29 is 42.9 Å². The van der Waals surface area contributed by atoms with Crippen molar-refractivity contribution >= 4 is 22.1 Å². The Morgan fingerprint density at radius 2 is 1.90 bits per heavy atom. The molecular weight excluding hydrogens is 428 g/mol. The molecule has 1 aromatic rings. The van der Waals surface area contributed by atoms with Crippen LogP contribution in [0.1, 0.15) is 24.8 Å². The molecule has 2 heterocycles. The van der Waals surface area contributed by atoms with Crippen LogP contribution >= 0.6 is 10.2 Å². The number of hydrogen-bond acceptors (Lipinski definition) is 4. The van der Waals surface area contributed by atoms with Gasteiger partial charge in [0.1, 0.15) is 10.7 Å². The molecule has 1 amide bonds. The van der Waals surface area contributed by atoms with Gasteiger partial charge in [-0.3, -0.25) is 9.59 Å². The van der Waals surface area contributed by atoms with Gasteiger partial charge in [-0.15, -0.1) is 0 Å². The van der Waals surface area contributed by atoms with Crippen LogP contribution in [0.5, 0.6) is 0 Å².